The number of methoxy groups -OCH3 is 1. The van der Waals surface area contributed by atoms with Gasteiger partial charge in [0.15, 0.2) is 6.29 Å². The van der Waals surface area contributed by atoms with Gasteiger partial charge in [-0.15, -0.1) is 0 Å². The van der Waals surface area contributed by atoms with Crippen molar-refractivity contribution in [2.45, 2.75) is 129 Å². The van der Waals surface area contributed by atoms with E-state index in [0.717, 1.165) is 65.0 Å². The van der Waals surface area contributed by atoms with Crippen LogP contribution >= 0.6 is 0 Å². The average Bonchev–Trinajstić information content (AvgIpc) is 3.34. The minimum atomic E-state index is -0.638. The zero-order chi connectivity index (χ0) is 30.2. The molecule has 0 spiro atoms. The Morgan fingerprint density at radius 1 is 0.833 bits per heavy atom. The smallest absolute Gasteiger partial charge is 0.154 e. The molecule has 11 unspecified atom stereocenters. The summed E-state index contributed by atoms with van der Waals surface area (Å²) in [5.41, 5.74) is 6.25. The molecule has 4 fully saturated rings. The second-order valence-corrected chi connectivity index (χ2v) is 15.4. The molecule has 0 bridgehead atoms. The molecule has 0 aromatic heterocycles. The standard InChI is InChI=1S/C35H68N4O3/c1-25(9-12-32(41)42-4)28-10-11-29-33-30(14-16-35(28,29)3)34(2)15-13-27(23-26(34)24-31(33)40)39-22-8-21-38-19-6-5-18-37-20-7-17-36/h25-33,37-41H,5-24,36H2,1-4H3. The number of ether oxygens (including phenoxy) is 1. The number of aliphatic hydroxyl groups excluding tert-OH is 2. The van der Waals surface area contributed by atoms with Gasteiger partial charge in [-0.1, -0.05) is 20.8 Å². The fourth-order valence-electron chi connectivity index (χ4n) is 10.6. The van der Waals surface area contributed by atoms with Crippen molar-refractivity contribution < 1.29 is 14.9 Å². The molecule has 0 aliphatic heterocycles. The Hall–Kier alpha value is -0.280. The first-order valence-electron chi connectivity index (χ1n) is 18.0. The monoisotopic (exact) mass is 593 g/mol. The van der Waals surface area contributed by atoms with Gasteiger partial charge in [0.25, 0.3) is 0 Å². The number of unbranched alkanes of at least 4 members (excludes halogenated alkanes) is 1. The second kappa shape index (κ2) is 16.3. The van der Waals surface area contributed by atoms with Crippen molar-refractivity contribution in [1.82, 2.24) is 16.0 Å². The number of hydrogen-bond donors (Lipinski definition) is 6. The fourth-order valence-corrected chi connectivity index (χ4v) is 10.6. The van der Waals surface area contributed by atoms with Crippen LogP contribution in [0.5, 0.6) is 0 Å². The van der Waals surface area contributed by atoms with Gasteiger partial charge < -0.3 is 36.6 Å². The Morgan fingerprint density at radius 2 is 1.50 bits per heavy atom. The third-order valence-electron chi connectivity index (χ3n) is 13.1. The predicted molar refractivity (Wildman–Crippen MR) is 173 cm³/mol. The fraction of sp³-hybridized carbons (Fsp3) is 1.00. The van der Waals surface area contributed by atoms with Crippen LogP contribution in [0.25, 0.3) is 0 Å². The quantitative estimate of drug-likeness (QED) is 0.101. The number of fused-ring (bicyclic) bond motifs is 5. The maximum atomic E-state index is 11.7. The van der Waals surface area contributed by atoms with E-state index in [4.69, 9.17) is 10.5 Å². The van der Waals surface area contributed by atoms with Gasteiger partial charge in [-0.2, -0.15) is 0 Å². The lowest BCUT2D eigenvalue weighted by atomic mass is 9.43. The summed E-state index contributed by atoms with van der Waals surface area (Å²) in [6, 6.07) is 0.611. The summed E-state index contributed by atoms with van der Waals surface area (Å²) in [6.07, 6.45) is 15.7. The predicted octanol–water partition coefficient (Wildman–Crippen LogP) is 4.65. The third kappa shape index (κ3) is 8.10. The van der Waals surface area contributed by atoms with E-state index in [1.165, 1.54) is 64.2 Å². The first-order chi connectivity index (χ1) is 20.2. The van der Waals surface area contributed by atoms with Crippen molar-refractivity contribution in [3.63, 3.8) is 0 Å². The van der Waals surface area contributed by atoms with Gasteiger partial charge in [0, 0.05) is 13.2 Å². The Bertz CT molecular complexity index is 787. The van der Waals surface area contributed by atoms with Crippen LogP contribution < -0.4 is 21.7 Å². The highest BCUT2D eigenvalue weighted by Gasteiger charge is 2.62. The van der Waals surface area contributed by atoms with E-state index in [-0.39, 0.29) is 6.10 Å². The third-order valence-corrected chi connectivity index (χ3v) is 13.1. The van der Waals surface area contributed by atoms with Crippen LogP contribution in [-0.4, -0.2) is 75.0 Å². The first kappa shape index (κ1) is 34.6. The van der Waals surface area contributed by atoms with Crippen molar-refractivity contribution in [2.75, 3.05) is 46.4 Å². The normalized spacial score (nSPS) is 39.4. The number of nitrogens with two attached hydrogens (primary N) is 1. The zero-order valence-corrected chi connectivity index (χ0v) is 27.7. The van der Waals surface area contributed by atoms with E-state index < -0.39 is 6.29 Å². The lowest BCUT2D eigenvalue weighted by Crippen LogP contribution is -2.59. The first-order valence-corrected chi connectivity index (χ1v) is 18.0. The van der Waals surface area contributed by atoms with Crippen molar-refractivity contribution in [3.05, 3.63) is 0 Å². The molecule has 0 heterocycles. The van der Waals surface area contributed by atoms with Gasteiger partial charge in [-0.05, 0) is 175 Å². The summed E-state index contributed by atoms with van der Waals surface area (Å²) in [5.74, 6) is 3.74. The van der Waals surface area contributed by atoms with Gasteiger partial charge in [-0.25, -0.2) is 0 Å². The van der Waals surface area contributed by atoms with Crippen LogP contribution in [-0.2, 0) is 4.74 Å². The topological polar surface area (TPSA) is 112 Å². The van der Waals surface area contributed by atoms with Gasteiger partial charge >= 0.3 is 0 Å². The summed E-state index contributed by atoms with van der Waals surface area (Å²) in [5, 5.41) is 32.7. The van der Waals surface area contributed by atoms with Crippen molar-refractivity contribution in [2.24, 2.45) is 52.1 Å². The van der Waals surface area contributed by atoms with Crippen LogP contribution in [0.1, 0.15) is 111 Å². The van der Waals surface area contributed by atoms with E-state index >= 15 is 0 Å². The van der Waals surface area contributed by atoms with Crippen LogP contribution in [0.2, 0.25) is 0 Å². The molecule has 4 saturated carbocycles. The molecule has 7 heteroatoms. The molecule has 0 aromatic carbocycles. The Morgan fingerprint density at radius 3 is 2.21 bits per heavy atom. The maximum absolute atomic E-state index is 11.7. The molecule has 11 atom stereocenters. The van der Waals surface area contributed by atoms with Crippen LogP contribution in [0, 0.1) is 46.3 Å². The van der Waals surface area contributed by atoms with Crippen LogP contribution in [0.4, 0.5) is 0 Å². The average molecular weight is 593 g/mol. The molecular weight excluding hydrogens is 524 g/mol. The molecule has 42 heavy (non-hydrogen) atoms. The Balaban J connectivity index is 1.20. The lowest BCUT2D eigenvalue weighted by molar-refractivity contribution is -0.167. The summed E-state index contributed by atoms with van der Waals surface area (Å²) in [4.78, 5) is 0. The number of aliphatic hydroxyl groups is 2. The second-order valence-electron chi connectivity index (χ2n) is 15.4. The highest BCUT2D eigenvalue weighted by Crippen LogP contribution is 2.68. The van der Waals surface area contributed by atoms with E-state index in [9.17, 15) is 10.2 Å². The number of nitrogens with one attached hydrogen (secondary N) is 3. The van der Waals surface area contributed by atoms with Crippen molar-refractivity contribution in [3.8, 4) is 0 Å². The summed E-state index contributed by atoms with van der Waals surface area (Å²) in [6.45, 7) is 13.8. The molecular formula is C35H68N4O3. The molecule has 4 aliphatic carbocycles. The van der Waals surface area contributed by atoms with Crippen LogP contribution in [0.15, 0.2) is 0 Å². The van der Waals surface area contributed by atoms with Gasteiger partial charge in [-0.3, -0.25) is 0 Å². The molecule has 0 saturated heterocycles. The lowest BCUT2D eigenvalue weighted by Gasteiger charge is -2.62. The van der Waals surface area contributed by atoms with Crippen molar-refractivity contribution in [1.29, 1.82) is 0 Å². The van der Waals surface area contributed by atoms with E-state index in [1.807, 2.05) is 0 Å². The molecule has 246 valence electrons. The van der Waals surface area contributed by atoms with Gasteiger partial charge in [0.05, 0.1) is 6.10 Å². The van der Waals surface area contributed by atoms with Gasteiger partial charge in [0.1, 0.15) is 0 Å². The number of hydrogen-bond acceptors (Lipinski definition) is 7. The molecule has 7 N–H and O–H groups in total. The molecule has 0 radical (unpaired) electrons. The van der Waals surface area contributed by atoms with E-state index in [2.05, 4.69) is 36.7 Å². The summed E-state index contributed by atoms with van der Waals surface area (Å²) < 4.78 is 5.12. The minimum Gasteiger partial charge on any atom is -0.393 e. The van der Waals surface area contributed by atoms with E-state index in [1.54, 1.807) is 7.11 Å². The summed E-state index contributed by atoms with van der Waals surface area (Å²) >= 11 is 0. The molecule has 0 aromatic rings. The highest BCUT2D eigenvalue weighted by molar-refractivity contribution is 5.12. The SMILES string of the molecule is COC(O)CCC(C)C1CCC2C3C(O)CC4CC(NCCCNCCCCNCCCN)CCC4(C)C3CCC12C. The minimum absolute atomic E-state index is 0.138. The maximum Gasteiger partial charge on any atom is 0.154 e. The number of rotatable bonds is 18. The van der Waals surface area contributed by atoms with E-state index in [0.29, 0.717) is 52.4 Å². The van der Waals surface area contributed by atoms with Crippen molar-refractivity contribution >= 4 is 0 Å². The molecule has 4 aliphatic rings. The van der Waals surface area contributed by atoms with Crippen LogP contribution in [0.3, 0.4) is 0 Å². The largest absolute Gasteiger partial charge is 0.393 e. The van der Waals surface area contributed by atoms with Gasteiger partial charge in [0.2, 0.25) is 0 Å². The Labute approximate surface area is 258 Å². The summed E-state index contributed by atoms with van der Waals surface area (Å²) in [7, 11) is 1.60. The zero-order valence-electron chi connectivity index (χ0n) is 27.7. The molecule has 4 rings (SSSR count). The highest BCUT2D eigenvalue weighted by atomic mass is 16.6. The molecule has 7 nitrogen and oxygen atoms in total. The molecule has 0 amide bonds. The Kier molecular flexibility index (Phi) is 13.4.